The third kappa shape index (κ3) is 6.42. The molecule has 3 amide bonds. The van der Waals surface area contributed by atoms with Crippen molar-refractivity contribution < 1.29 is 19.1 Å². The molecule has 9 heteroatoms. The molecule has 4 rings (SSSR count). The Balaban J connectivity index is 1.43. The lowest BCUT2D eigenvalue weighted by Gasteiger charge is -2.13. The number of carbonyl (C=O) groups is 3. The van der Waals surface area contributed by atoms with Crippen molar-refractivity contribution >= 4 is 72.4 Å². The highest BCUT2D eigenvalue weighted by Crippen LogP contribution is 2.38. The Morgan fingerprint density at radius 2 is 1.69 bits per heavy atom. The quantitative estimate of drug-likeness (QED) is 0.297. The molecule has 0 spiro atoms. The molecule has 0 bridgehead atoms. The monoisotopic (exact) mass is 614 g/mol. The third-order valence-corrected chi connectivity index (χ3v) is 7.14. The number of halogens is 2. The number of imide groups is 1. The zero-order chi connectivity index (χ0) is 24.9. The van der Waals surface area contributed by atoms with Crippen LogP contribution in [-0.4, -0.2) is 28.5 Å². The lowest BCUT2D eigenvalue weighted by atomic mass is 10.2. The van der Waals surface area contributed by atoms with E-state index in [0.29, 0.717) is 32.6 Å². The van der Waals surface area contributed by atoms with Crippen molar-refractivity contribution in [2.45, 2.75) is 13.5 Å². The molecule has 1 fully saturated rings. The van der Waals surface area contributed by atoms with E-state index in [1.165, 1.54) is 0 Å². The van der Waals surface area contributed by atoms with Gasteiger partial charge in [-0.15, -0.1) is 0 Å². The van der Waals surface area contributed by atoms with Gasteiger partial charge >= 0.3 is 0 Å². The third-order valence-electron chi connectivity index (χ3n) is 5.06. The van der Waals surface area contributed by atoms with Crippen LogP contribution in [0.3, 0.4) is 0 Å². The largest absolute Gasteiger partial charge is 0.487 e. The Bertz CT molecular complexity index is 1290. The second-order valence-electron chi connectivity index (χ2n) is 7.77. The van der Waals surface area contributed by atoms with E-state index in [9.17, 15) is 14.4 Å². The number of carbonyl (C=O) groups excluding carboxylic acids is 3. The van der Waals surface area contributed by atoms with Gasteiger partial charge in [0.15, 0.2) is 0 Å². The van der Waals surface area contributed by atoms with E-state index in [0.717, 1.165) is 27.8 Å². The van der Waals surface area contributed by atoms with Crippen LogP contribution in [0.2, 0.25) is 0 Å². The predicted molar refractivity (Wildman–Crippen MR) is 145 cm³/mol. The van der Waals surface area contributed by atoms with Crippen LogP contribution in [0, 0.1) is 6.92 Å². The SMILES string of the molecule is Cc1ccc(NC(=O)CN2C(=O)S/C(=C\c3cc(Br)c(OCc4ccccc4)c(Br)c3)C2=O)cc1. The fourth-order valence-electron chi connectivity index (χ4n) is 3.30. The summed E-state index contributed by atoms with van der Waals surface area (Å²) in [6.07, 6.45) is 1.62. The number of rotatable bonds is 7. The van der Waals surface area contributed by atoms with Gasteiger partial charge in [0, 0.05) is 5.69 Å². The molecule has 0 aromatic heterocycles. The second-order valence-corrected chi connectivity index (χ2v) is 10.5. The molecule has 0 radical (unpaired) electrons. The fourth-order valence-corrected chi connectivity index (χ4v) is 5.59. The van der Waals surface area contributed by atoms with Crippen LogP contribution < -0.4 is 10.1 Å². The van der Waals surface area contributed by atoms with Gasteiger partial charge in [0.25, 0.3) is 11.1 Å². The molecule has 3 aromatic rings. The van der Waals surface area contributed by atoms with Crippen LogP contribution in [0.25, 0.3) is 6.08 Å². The topological polar surface area (TPSA) is 75.7 Å². The van der Waals surface area contributed by atoms with Crippen molar-refractivity contribution in [3.8, 4) is 5.75 Å². The summed E-state index contributed by atoms with van der Waals surface area (Å²) in [5, 5.41) is 2.22. The first-order valence-corrected chi connectivity index (χ1v) is 13.0. The van der Waals surface area contributed by atoms with Crippen molar-refractivity contribution in [1.29, 1.82) is 0 Å². The fraction of sp³-hybridized carbons (Fsp3) is 0.115. The molecule has 1 aliphatic heterocycles. The first kappa shape index (κ1) is 25.2. The maximum Gasteiger partial charge on any atom is 0.294 e. The average Bonchev–Trinajstić information content (AvgIpc) is 3.08. The summed E-state index contributed by atoms with van der Waals surface area (Å²) in [6.45, 7) is 2.00. The van der Waals surface area contributed by atoms with E-state index in [2.05, 4.69) is 37.2 Å². The molecule has 0 saturated carbocycles. The van der Waals surface area contributed by atoms with Gasteiger partial charge in [-0.25, -0.2) is 0 Å². The summed E-state index contributed by atoms with van der Waals surface area (Å²) in [4.78, 5) is 38.9. The minimum atomic E-state index is -0.504. The number of hydrogen-bond acceptors (Lipinski definition) is 5. The summed E-state index contributed by atoms with van der Waals surface area (Å²) >= 11 is 7.85. The minimum absolute atomic E-state index is 0.245. The summed E-state index contributed by atoms with van der Waals surface area (Å²) in [7, 11) is 0. The second kappa shape index (κ2) is 11.2. The highest BCUT2D eigenvalue weighted by atomic mass is 79.9. The number of nitrogens with zero attached hydrogens (tertiary/aromatic N) is 1. The lowest BCUT2D eigenvalue weighted by Crippen LogP contribution is -2.36. The number of amides is 3. The van der Waals surface area contributed by atoms with Crippen molar-refractivity contribution in [2.75, 3.05) is 11.9 Å². The molecule has 178 valence electrons. The molecule has 35 heavy (non-hydrogen) atoms. The first-order chi connectivity index (χ1) is 16.8. The number of hydrogen-bond donors (Lipinski definition) is 1. The number of nitrogens with one attached hydrogen (secondary N) is 1. The normalized spacial score (nSPS) is 14.5. The van der Waals surface area contributed by atoms with Crippen molar-refractivity contribution in [1.82, 2.24) is 4.90 Å². The molecular weight excluding hydrogens is 596 g/mol. The summed E-state index contributed by atoms with van der Waals surface area (Å²) in [5.41, 5.74) is 3.40. The standard InChI is InChI=1S/C26H20Br2N2O4S/c1-16-7-9-19(10-8-16)29-23(31)14-30-25(32)22(35-26(30)33)13-18-11-20(27)24(21(28)12-18)34-15-17-5-3-2-4-6-17/h2-13H,14-15H2,1H3,(H,29,31)/b22-13-. The van der Waals surface area contributed by atoms with Gasteiger partial charge in [0.1, 0.15) is 18.9 Å². The van der Waals surface area contributed by atoms with E-state index in [1.54, 1.807) is 18.2 Å². The first-order valence-electron chi connectivity index (χ1n) is 10.6. The maximum atomic E-state index is 12.8. The molecular formula is C26H20Br2N2O4S. The Hall–Kier alpha value is -2.88. The Morgan fingerprint density at radius 1 is 1.03 bits per heavy atom. The van der Waals surface area contributed by atoms with Gasteiger partial charge < -0.3 is 10.1 Å². The smallest absolute Gasteiger partial charge is 0.294 e. The molecule has 0 unspecified atom stereocenters. The number of benzene rings is 3. The van der Waals surface area contributed by atoms with E-state index < -0.39 is 17.1 Å². The van der Waals surface area contributed by atoms with E-state index in [-0.39, 0.29) is 11.4 Å². The number of ether oxygens (including phenoxy) is 1. The Morgan fingerprint density at radius 3 is 2.34 bits per heavy atom. The molecule has 1 saturated heterocycles. The van der Waals surface area contributed by atoms with Crippen LogP contribution in [0.1, 0.15) is 16.7 Å². The summed E-state index contributed by atoms with van der Waals surface area (Å²) < 4.78 is 7.34. The van der Waals surface area contributed by atoms with Crippen molar-refractivity contribution in [2.24, 2.45) is 0 Å². The van der Waals surface area contributed by atoms with E-state index in [4.69, 9.17) is 4.74 Å². The zero-order valence-corrected chi connectivity index (χ0v) is 22.6. The van der Waals surface area contributed by atoms with Crippen molar-refractivity contribution in [3.63, 3.8) is 0 Å². The van der Waals surface area contributed by atoms with Crippen molar-refractivity contribution in [3.05, 3.63) is 97.3 Å². The molecule has 3 aromatic carbocycles. The Kier molecular flexibility index (Phi) is 8.10. The van der Waals surface area contributed by atoms with E-state index in [1.807, 2.05) is 61.5 Å². The van der Waals surface area contributed by atoms with Crippen LogP contribution in [0.15, 0.2) is 80.6 Å². The van der Waals surface area contributed by atoms with Crippen LogP contribution in [-0.2, 0) is 16.2 Å². The molecule has 6 nitrogen and oxygen atoms in total. The van der Waals surface area contributed by atoms with Gasteiger partial charge in [-0.05, 0) is 92.0 Å². The number of aryl methyl sites for hydroxylation is 1. The van der Waals surface area contributed by atoms with Gasteiger partial charge in [-0.1, -0.05) is 48.0 Å². The average molecular weight is 616 g/mol. The minimum Gasteiger partial charge on any atom is -0.487 e. The van der Waals surface area contributed by atoms with Gasteiger partial charge in [0.05, 0.1) is 13.9 Å². The summed E-state index contributed by atoms with van der Waals surface area (Å²) in [5.74, 6) is -0.314. The lowest BCUT2D eigenvalue weighted by molar-refractivity contribution is -0.127. The predicted octanol–water partition coefficient (Wildman–Crippen LogP) is 6.77. The van der Waals surface area contributed by atoms with Gasteiger partial charge in [-0.3, -0.25) is 19.3 Å². The summed E-state index contributed by atoms with van der Waals surface area (Å²) in [6, 6.07) is 20.7. The van der Waals surface area contributed by atoms with Crippen LogP contribution in [0.4, 0.5) is 10.5 Å². The zero-order valence-electron chi connectivity index (χ0n) is 18.6. The van der Waals surface area contributed by atoms with E-state index >= 15 is 0 Å². The molecule has 1 heterocycles. The van der Waals surface area contributed by atoms with Crippen LogP contribution in [0.5, 0.6) is 5.75 Å². The number of anilines is 1. The Labute approximate surface area is 224 Å². The maximum absolute atomic E-state index is 12.8. The highest BCUT2D eigenvalue weighted by molar-refractivity contribution is 9.11. The highest BCUT2D eigenvalue weighted by Gasteiger charge is 2.36. The molecule has 1 N–H and O–H groups in total. The van der Waals surface area contributed by atoms with Gasteiger partial charge in [-0.2, -0.15) is 0 Å². The van der Waals surface area contributed by atoms with Gasteiger partial charge in [0.2, 0.25) is 5.91 Å². The molecule has 0 atom stereocenters. The van der Waals surface area contributed by atoms with Crippen LogP contribution >= 0.6 is 43.6 Å². The number of thioether (sulfide) groups is 1. The molecule has 0 aliphatic carbocycles. The molecule has 1 aliphatic rings.